The molecule has 2 N–H and O–H groups in total. The van der Waals surface area contributed by atoms with Crippen molar-refractivity contribution in [2.45, 2.75) is 12.2 Å². The highest BCUT2D eigenvalue weighted by atomic mass is 79.9. The van der Waals surface area contributed by atoms with Crippen LogP contribution in [-0.2, 0) is 0 Å². The minimum absolute atomic E-state index is 0.0809. The molecule has 0 aliphatic carbocycles. The van der Waals surface area contributed by atoms with E-state index in [9.17, 15) is 13.2 Å². The van der Waals surface area contributed by atoms with Gasteiger partial charge in [0.25, 0.3) is 0 Å². The van der Waals surface area contributed by atoms with E-state index >= 15 is 0 Å². The molecule has 20 heavy (non-hydrogen) atoms. The molecule has 1 atom stereocenters. The first-order chi connectivity index (χ1) is 9.40. The first-order valence-corrected chi connectivity index (χ1v) is 8.04. The second kappa shape index (κ2) is 6.74. The predicted molar refractivity (Wildman–Crippen MR) is 77.9 cm³/mol. The van der Waals surface area contributed by atoms with Gasteiger partial charge in [-0.15, -0.1) is 11.3 Å². The van der Waals surface area contributed by atoms with Gasteiger partial charge in [-0.2, -0.15) is 13.2 Å². The fourth-order valence-electron chi connectivity index (χ4n) is 2.45. The van der Waals surface area contributed by atoms with Crippen molar-refractivity contribution in [1.82, 2.24) is 9.80 Å². The number of nitrogens with zero attached hydrogens (tertiary/aromatic N) is 2. The molecule has 3 nitrogen and oxygen atoms in total. The predicted octanol–water partition coefficient (Wildman–Crippen LogP) is 2.69. The van der Waals surface area contributed by atoms with Crippen LogP contribution >= 0.6 is 27.3 Å². The molecule has 0 aromatic carbocycles. The molecule has 1 fully saturated rings. The number of alkyl halides is 3. The standard InChI is InChI=1S/C12H17BrF3N3S/c13-9-1-6-20-11(9)10(7-17)19-4-2-18(3-5-19)8-12(14,15)16/h1,6,10H,2-5,7-8,17H2. The van der Waals surface area contributed by atoms with E-state index in [4.69, 9.17) is 5.73 Å². The van der Waals surface area contributed by atoms with Gasteiger partial charge in [-0.1, -0.05) is 0 Å². The molecule has 1 saturated heterocycles. The second-order valence-electron chi connectivity index (χ2n) is 4.81. The van der Waals surface area contributed by atoms with Crippen molar-refractivity contribution in [2.75, 3.05) is 39.3 Å². The van der Waals surface area contributed by atoms with Crippen molar-refractivity contribution >= 4 is 27.3 Å². The lowest BCUT2D eigenvalue weighted by molar-refractivity contribution is -0.149. The Bertz CT molecular complexity index is 430. The molecule has 0 saturated carbocycles. The Kier molecular flexibility index (Phi) is 5.47. The molecule has 1 aromatic heterocycles. The Hall–Kier alpha value is -0.150. The quantitative estimate of drug-likeness (QED) is 0.882. The number of hydrogen-bond donors (Lipinski definition) is 1. The zero-order valence-corrected chi connectivity index (χ0v) is 13.3. The van der Waals surface area contributed by atoms with E-state index in [2.05, 4.69) is 20.8 Å². The van der Waals surface area contributed by atoms with E-state index in [0.29, 0.717) is 32.7 Å². The van der Waals surface area contributed by atoms with E-state index in [1.54, 1.807) is 11.3 Å². The summed E-state index contributed by atoms with van der Waals surface area (Å²) < 4.78 is 38.1. The highest BCUT2D eigenvalue weighted by Crippen LogP contribution is 2.32. The normalized spacial score (nSPS) is 20.2. The minimum Gasteiger partial charge on any atom is -0.329 e. The zero-order valence-electron chi connectivity index (χ0n) is 10.9. The number of thiophene rings is 1. The van der Waals surface area contributed by atoms with E-state index in [1.165, 1.54) is 4.90 Å². The number of nitrogens with two attached hydrogens (primary N) is 1. The Morgan fingerprint density at radius 3 is 2.40 bits per heavy atom. The molecule has 0 amide bonds. The Morgan fingerprint density at radius 1 is 1.30 bits per heavy atom. The molecule has 2 rings (SSSR count). The third kappa shape index (κ3) is 4.17. The SMILES string of the molecule is NCC(c1sccc1Br)N1CCN(CC(F)(F)F)CC1. The molecule has 0 bridgehead atoms. The number of hydrogen-bond acceptors (Lipinski definition) is 4. The number of halogens is 4. The largest absolute Gasteiger partial charge is 0.401 e. The molecule has 0 radical (unpaired) electrons. The summed E-state index contributed by atoms with van der Waals surface area (Å²) in [7, 11) is 0. The molecule has 114 valence electrons. The smallest absolute Gasteiger partial charge is 0.329 e. The van der Waals surface area contributed by atoms with Gasteiger partial charge in [-0.3, -0.25) is 9.80 Å². The monoisotopic (exact) mass is 371 g/mol. The van der Waals surface area contributed by atoms with Crippen LogP contribution in [0.3, 0.4) is 0 Å². The number of piperazine rings is 1. The highest BCUT2D eigenvalue weighted by molar-refractivity contribution is 9.10. The second-order valence-corrected chi connectivity index (χ2v) is 6.61. The summed E-state index contributed by atoms with van der Waals surface area (Å²) in [5, 5.41) is 1.99. The van der Waals surface area contributed by atoms with Gasteiger partial charge in [0, 0.05) is 42.1 Å². The van der Waals surface area contributed by atoms with Crippen molar-refractivity contribution < 1.29 is 13.2 Å². The van der Waals surface area contributed by atoms with Gasteiger partial charge in [0.2, 0.25) is 0 Å². The summed E-state index contributed by atoms with van der Waals surface area (Å²) in [6.45, 7) is 1.73. The van der Waals surface area contributed by atoms with Gasteiger partial charge in [0.05, 0.1) is 12.6 Å². The molecule has 1 aliphatic rings. The van der Waals surface area contributed by atoms with E-state index in [0.717, 1.165) is 9.35 Å². The maximum atomic E-state index is 12.4. The van der Waals surface area contributed by atoms with Gasteiger partial charge in [-0.05, 0) is 27.4 Å². The molecule has 2 heterocycles. The fourth-order valence-corrected chi connectivity index (χ4v) is 4.24. The average molecular weight is 372 g/mol. The van der Waals surface area contributed by atoms with E-state index < -0.39 is 12.7 Å². The lowest BCUT2D eigenvalue weighted by Crippen LogP contribution is -2.51. The summed E-state index contributed by atoms with van der Waals surface area (Å²) in [5.74, 6) is 0. The van der Waals surface area contributed by atoms with Gasteiger partial charge < -0.3 is 5.73 Å². The third-order valence-electron chi connectivity index (χ3n) is 3.42. The third-order valence-corrected chi connectivity index (χ3v) is 5.39. The minimum atomic E-state index is -4.12. The average Bonchev–Trinajstić information content (AvgIpc) is 2.77. The molecular formula is C12H17BrF3N3S. The highest BCUT2D eigenvalue weighted by Gasteiger charge is 2.33. The summed E-state index contributed by atoms with van der Waals surface area (Å²) in [6, 6.07) is 2.06. The van der Waals surface area contributed by atoms with Gasteiger partial charge in [0.15, 0.2) is 0 Å². The summed E-state index contributed by atoms with van der Waals surface area (Å²) in [4.78, 5) is 4.77. The van der Waals surface area contributed by atoms with Crippen LogP contribution in [0.5, 0.6) is 0 Å². The molecule has 8 heteroatoms. The Morgan fingerprint density at radius 2 is 1.95 bits per heavy atom. The summed E-state index contributed by atoms with van der Waals surface area (Å²) in [5.41, 5.74) is 5.85. The van der Waals surface area contributed by atoms with E-state index in [-0.39, 0.29) is 6.04 Å². The van der Waals surface area contributed by atoms with Crippen molar-refractivity contribution in [2.24, 2.45) is 5.73 Å². The van der Waals surface area contributed by atoms with Crippen LogP contribution in [0, 0.1) is 0 Å². The van der Waals surface area contributed by atoms with Crippen molar-refractivity contribution in [3.8, 4) is 0 Å². The summed E-state index contributed by atoms with van der Waals surface area (Å²) in [6.07, 6.45) is -4.12. The first-order valence-electron chi connectivity index (χ1n) is 6.37. The maximum absolute atomic E-state index is 12.4. The van der Waals surface area contributed by atoms with Crippen LogP contribution < -0.4 is 5.73 Å². The van der Waals surface area contributed by atoms with Crippen molar-refractivity contribution in [3.63, 3.8) is 0 Å². The lowest BCUT2D eigenvalue weighted by atomic mass is 10.1. The van der Waals surface area contributed by atoms with Gasteiger partial charge in [-0.25, -0.2) is 0 Å². The van der Waals surface area contributed by atoms with Crippen LogP contribution in [0.1, 0.15) is 10.9 Å². The van der Waals surface area contributed by atoms with Crippen molar-refractivity contribution in [3.05, 3.63) is 20.8 Å². The molecular weight excluding hydrogens is 355 g/mol. The maximum Gasteiger partial charge on any atom is 0.401 e. The Balaban J connectivity index is 1.94. The van der Waals surface area contributed by atoms with Crippen LogP contribution in [0.25, 0.3) is 0 Å². The van der Waals surface area contributed by atoms with Gasteiger partial charge in [0.1, 0.15) is 0 Å². The van der Waals surface area contributed by atoms with Crippen LogP contribution in [0.4, 0.5) is 13.2 Å². The zero-order chi connectivity index (χ0) is 14.8. The topological polar surface area (TPSA) is 32.5 Å². The first kappa shape index (κ1) is 16.2. The van der Waals surface area contributed by atoms with Crippen molar-refractivity contribution in [1.29, 1.82) is 0 Å². The lowest BCUT2D eigenvalue weighted by Gasteiger charge is -2.38. The molecule has 1 aromatic rings. The van der Waals surface area contributed by atoms with Crippen LogP contribution in [0.15, 0.2) is 15.9 Å². The number of rotatable bonds is 4. The fraction of sp³-hybridized carbons (Fsp3) is 0.667. The van der Waals surface area contributed by atoms with E-state index in [1.807, 2.05) is 11.4 Å². The van der Waals surface area contributed by atoms with Crippen LogP contribution in [-0.4, -0.2) is 55.2 Å². The molecule has 1 aliphatic heterocycles. The molecule has 1 unspecified atom stereocenters. The molecule has 0 spiro atoms. The van der Waals surface area contributed by atoms with Gasteiger partial charge >= 0.3 is 6.18 Å². The summed E-state index contributed by atoms with van der Waals surface area (Å²) >= 11 is 5.12. The Labute approximate surface area is 128 Å². The van der Waals surface area contributed by atoms with Crippen LogP contribution in [0.2, 0.25) is 0 Å².